The minimum atomic E-state index is -0.0909. The third kappa shape index (κ3) is 4.67. The number of nitrogens with one attached hydrogen (secondary N) is 1. The lowest BCUT2D eigenvalue weighted by molar-refractivity contribution is -0.129. The molecule has 1 saturated carbocycles. The Morgan fingerprint density at radius 2 is 1.93 bits per heavy atom. The van der Waals surface area contributed by atoms with Gasteiger partial charge in [-0.25, -0.2) is 0 Å². The van der Waals surface area contributed by atoms with Gasteiger partial charge in [0.05, 0.1) is 11.5 Å². The van der Waals surface area contributed by atoms with Crippen LogP contribution in [0.1, 0.15) is 45.1 Å². The summed E-state index contributed by atoms with van der Waals surface area (Å²) in [6, 6.07) is 18.4. The highest BCUT2D eigenvalue weighted by Crippen LogP contribution is 2.42. The maximum Gasteiger partial charge on any atom is 0.262 e. The molecule has 3 atom stereocenters. The molecule has 1 aliphatic carbocycles. The molecule has 1 N–H and O–H groups in total. The van der Waals surface area contributed by atoms with Crippen LogP contribution in [-0.4, -0.2) is 29.0 Å². The first-order chi connectivity index (χ1) is 14.7. The van der Waals surface area contributed by atoms with E-state index in [0.717, 1.165) is 28.3 Å². The van der Waals surface area contributed by atoms with Crippen LogP contribution < -0.4 is 10.1 Å². The van der Waals surface area contributed by atoms with Crippen molar-refractivity contribution < 1.29 is 9.53 Å². The van der Waals surface area contributed by atoms with Crippen molar-refractivity contribution in [3.8, 4) is 5.75 Å². The van der Waals surface area contributed by atoms with E-state index >= 15 is 0 Å². The van der Waals surface area contributed by atoms with Gasteiger partial charge in [-0.1, -0.05) is 61.9 Å². The molecule has 2 aliphatic rings. The number of rotatable bonds is 6. The molecule has 0 spiro atoms. The topological polar surface area (TPSA) is 41.6 Å². The number of anilines is 1. The van der Waals surface area contributed by atoms with Crippen LogP contribution in [0.2, 0.25) is 0 Å². The van der Waals surface area contributed by atoms with Gasteiger partial charge in [0.25, 0.3) is 5.91 Å². The van der Waals surface area contributed by atoms with Crippen molar-refractivity contribution in [2.24, 2.45) is 5.92 Å². The van der Waals surface area contributed by atoms with Gasteiger partial charge in [-0.3, -0.25) is 4.79 Å². The molecule has 4 rings (SSSR count). The molecule has 1 saturated heterocycles. The Balaban J connectivity index is 1.63. The normalized spacial score (nSPS) is 25.5. The van der Waals surface area contributed by atoms with E-state index in [1.807, 2.05) is 55.5 Å². The third-order valence-corrected chi connectivity index (χ3v) is 7.01. The fourth-order valence-electron chi connectivity index (χ4n) is 4.38. The maximum atomic E-state index is 13.5. The number of para-hydroxylation sites is 1. The van der Waals surface area contributed by atoms with E-state index in [9.17, 15) is 4.79 Å². The van der Waals surface area contributed by atoms with Gasteiger partial charge < -0.3 is 15.0 Å². The molecule has 30 heavy (non-hydrogen) atoms. The molecule has 1 unspecified atom stereocenters. The Morgan fingerprint density at radius 3 is 2.70 bits per heavy atom. The number of hydrogen-bond acceptors (Lipinski definition) is 4. The zero-order valence-electron chi connectivity index (χ0n) is 17.7. The minimum absolute atomic E-state index is 0.0909. The SMILES string of the molecule is CCOc1cccc(/C=C2\SC(Nc3ccccc3)N([C@@H]3CCCC[C@@H]3C)C2=O)c1. The van der Waals surface area contributed by atoms with Crippen LogP contribution in [0.5, 0.6) is 5.75 Å². The van der Waals surface area contributed by atoms with Gasteiger partial charge in [0, 0.05) is 11.7 Å². The zero-order valence-corrected chi connectivity index (χ0v) is 18.5. The van der Waals surface area contributed by atoms with Crippen molar-refractivity contribution in [2.45, 2.75) is 51.1 Å². The molecule has 5 heteroatoms. The Kier molecular flexibility index (Phi) is 6.68. The summed E-state index contributed by atoms with van der Waals surface area (Å²) in [4.78, 5) is 16.4. The minimum Gasteiger partial charge on any atom is -0.494 e. The van der Waals surface area contributed by atoms with Crippen molar-refractivity contribution in [1.29, 1.82) is 0 Å². The molecule has 1 heterocycles. The molecule has 2 aromatic rings. The molecular formula is C25H30N2O2S. The molecular weight excluding hydrogens is 392 g/mol. The van der Waals surface area contributed by atoms with Gasteiger partial charge in [0.15, 0.2) is 5.50 Å². The summed E-state index contributed by atoms with van der Waals surface area (Å²) >= 11 is 1.62. The molecule has 0 radical (unpaired) electrons. The Labute approximate surface area is 183 Å². The van der Waals surface area contributed by atoms with Crippen LogP contribution in [0.3, 0.4) is 0 Å². The van der Waals surface area contributed by atoms with Crippen LogP contribution >= 0.6 is 11.8 Å². The fourth-order valence-corrected chi connectivity index (χ4v) is 5.59. The van der Waals surface area contributed by atoms with Crippen LogP contribution in [-0.2, 0) is 4.79 Å². The van der Waals surface area contributed by atoms with E-state index < -0.39 is 0 Å². The van der Waals surface area contributed by atoms with Crippen molar-refractivity contribution in [3.05, 3.63) is 65.1 Å². The van der Waals surface area contributed by atoms with Crippen LogP contribution in [0.15, 0.2) is 59.5 Å². The highest BCUT2D eigenvalue weighted by Gasteiger charge is 2.42. The highest BCUT2D eigenvalue weighted by atomic mass is 32.2. The molecule has 1 amide bonds. The average molecular weight is 423 g/mol. The second kappa shape index (κ2) is 9.61. The van der Waals surface area contributed by atoms with E-state index in [2.05, 4.69) is 29.3 Å². The summed E-state index contributed by atoms with van der Waals surface area (Å²) in [6.45, 7) is 4.89. The third-order valence-electron chi connectivity index (χ3n) is 5.89. The van der Waals surface area contributed by atoms with Gasteiger partial charge in [0.2, 0.25) is 0 Å². The fraction of sp³-hybridized carbons (Fsp3) is 0.400. The van der Waals surface area contributed by atoms with Gasteiger partial charge in [-0.15, -0.1) is 0 Å². The van der Waals surface area contributed by atoms with E-state index in [-0.39, 0.29) is 17.4 Å². The summed E-state index contributed by atoms with van der Waals surface area (Å²) in [5.74, 6) is 1.48. The van der Waals surface area contributed by atoms with Gasteiger partial charge in [0.1, 0.15) is 5.75 Å². The van der Waals surface area contributed by atoms with Crippen LogP contribution in [0, 0.1) is 5.92 Å². The monoisotopic (exact) mass is 422 g/mol. The Bertz CT molecular complexity index is 899. The van der Waals surface area contributed by atoms with Crippen molar-refractivity contribution in [1.82, 2.24) is 4.90 Å². The number of hydrogen-bond donors (Lipinski definition) is 1. The molecule has 158 valence electrons. The van der Waals surface area contributed by atoms with Crippen molar-refractivity contribution in [3.63, 3.8) is 0 Å². The van der Waals surface area contributed by atoms with Crippen molar-refractivity contribution >= 4 is 29.4 Å². The first kappa shape index (κ1) is 20.9. The number of benzene rings is 2. The quantitative estimate of drug-likeness (QED) is 0.582. The van der Waals surface area contributed by atoms with E-state index in [4.69, 9.17) is 4.74 Å². The van der Waals surface area contributed by atoms with E-state index in [0.29, 0.717) is 12.5 Å². The maximum absolute atomic E-state index is 13.5. The van der Waals surface area contributed by atoms with Crippen LogP contribution in [0.4, 0.5) is 5.69 Å². The smallest absolute Gasteiger partial charge is 0.262 e. The first-order valence-electron chi connectivity index (χ1n) is 10.9. The van der Waals surface area contributed by atoms with Gasteiger partial charge in [-0.05, 0) is 61.6 Å². The first-order valence-corrected chi connectivity index (χ1v) is 11.8. The van der Waals surface area contributed by atoms with Gasteiger partial charge in [-0.2, -0.15) is 0 Å². The Morgan fingerprint density at radius 1 is 1.13 bits per heavy atom. The predicted octanol–water partition coefficient (Wildman–Crippen LogP) is 5.98. The molecule has 4 nitrogen and oxygen atoms in total. The second-order valence-electron chi connectivity index (χ2n) is 8.04. The Hall–Kier alpha value is -2.40. The lowest BCUT2D eigenvalue weighted by Gasteiger charge is -2.39. The van der Waals surface area contributed by atoms with E-state index in [1.54, 1.807) is 11.8 Å². The number of amides is 1. The number of nitrogens with zero attached hydrogens (tertiary/aromatic N) is 1. The lowest BCUT2D eigenvalue weighted by Crippen LogP contribution is -2.48. The number of carbonyl (C=O) groups excluding carboxylic acids is 1. The van der Waals surface area contributed by atoms with E-state index in [1.165, 1.54) is 19.3 Å². The summed E-state index contributed by atoms with van der Waals surface area (Å²) in [6.07, 6.45) is 6.72. The predicted molar refractivity (Wildman–Crippen MR) is 125 cm³/mol. The number of thioether (sulfide) groups is 1. The number of ether oxygens (including phenoxy) is 1. The molecule has 1 aliphatic heterocycles. The molecule has 2 aromatic carbocycles. The van der Waals surface area contributed by atoms with Crippen molar-refractivity contribution in [2.75, 3.05) is 11.9 Å². The summed E-state index contributed by atoms with van der Waals surface area (Å²) in [5.41, 5.74) is 1.94. The zero-order chi connectivity index (χ0) is 20.9. The molecule has 0 aromatic heterocycles. The lowest BCUT2D eigenvalue weighted by atomic mass is 9.85. The summed E-state index contributed by atoms with van der Waals surface area (Å²) in [7, 11) is 0. The average Bonchev–Trinajstić information content (AvgIpc) is 3.04. The second-order valence-corrected chi connectivity index (χ2v) is 9.16. The summed E-state index contributed by atoms with van der Waals surface area (Å²) in [5, 5.41) is 3.59. The summed E-state index contributed by atoms with van der Waals surface area (Å²) < 4.78 is 5.62. The highest BCUT2D eigenvalue weighted by molar-refractivity contribution is 8.05. The van der Waals surface area contributed by atoms with Crippen LogP contribution in [0.25, 0.3) is 6.08 Å². The molecule has 0 bridgehead atoms. The van der Waals surface area contributed by atoms with Gasteiger partial charge >= 0.3 is 0 Å². The molecule has 2 fully saturated rings. The number of carbonyl (C=O) groups is 1. The largest absolute Gasteiger partial charge is 0.494 e. The standard InChI is InChI=1S/C25H30N2O2S/c1-3-29-21-14-9-11-19(16-21)17-23-24(28)27(22-15-8-7-10-18(22)2)25(30-23)26-20-12-5-4-6-13-20/h4-6,9,11-14,16-18,22,25-26H,3,7-8,10,15H2,1-2H3/b23-17-/t18-,22+,25?/m0/s1.